The van der Waals surface area contributed by atoms with Crippen LogP contribution in [0.15, 0.2) is 0 Å². The molecule has 24 heteroatoms. The van der Waals surface area contributed by atoms with Gasteiger partial charge in [0, 0.05) is 28.3 Å². The van der Waals surface area contributed by atoms with E-state index in [1.807, 2.05) is 0 Å². The summed E-state index contributed by atoms with van der Waals surface area (Å²) in [6, 6.07) is 0. The zero-order chi connectivity index (χ0) is 39.5. The van der Waals surface area contributed by atoms with E-state index in [1.165, 1.54) is 7.11 Å². The molecule has 4 fully saturated rings. The van der Waals surface area contributed by atoms with Crippen LogP contribution < -0.4 is 0 Å². The highest BCUT2D eigenvalue weighted by Crippen LogP contribution is 2.36. The SMILES string of the molecule is CO[C@H]1O[C@H](CO)[C@@H](O[C@@H]2OC(C(=O)O)[C@@H](O[C@H]3O[C@H](CO)[C@@H](O[C@@H]4O[C@H](C(=O)O)[C@@H](O)[C@H](OC)[C@H]4OC(C)=O)[C@H](O)[C@H]3O)[C@H](OC)[C@H]2O)[C@H](O)[C@H]1O. The average molecular weight is 779 g/mol. The Balaban J connectivity index is 1.54. The van der Waals surface area contributed by atoms with Crippen molar-refractivity contribution in [2.24, 2.45) is 0 Å². The van der Waals surface area contributed by atoms with Gasteiger partial charge in [-0.1, -0.05) is 0 Å². The van der Waals surface area contributed by atoms with Crippen LogP contribution in [-0.2, 0) is 66.5 Å². The molecule has 0 spiro atoms. The summed E-state index contributed by atoms with van der Waals surface area (Å²) in [7, 11) is 3.28. The Hall–Kier alpha value is -2.31. The lowest BCUT2D eigenvalue weighted by atomic mass is 9.95. The second-order valence-electron chi connectivity index (χ2n) is 12.4. The number of aliphatic carboxylic acids is 2. The van der Waals surface area contributed by atoms with E-state index < -0.39 is 154 Å². The molecule has 4 rings (SSSR count). The molecule has 4 aliphatic heterocycles. The van der Waals surface area contributed by atoms with Gasteiger partial charge in [0.1, 0.15) is 79.4 Å². The lowest BCUT2D eigenvalue weighted by Gasteiger charge is -2.49. The van der Waals surface area contributed by atoms with E-state index >= 15 is 0 Å². The molecule has 0 aliphatic carbocycles. The lowest BCUT2D eigenvalue weighted by Crippen LogP contribution is -2.68. The third kappa shape index (κ3) is 9.06. The van der Waals surface area contributed by atoms with Crippen LogP contribution in [0, 0.1) is 0 Å². The normalized spacial score (nSPS) is 46.4. The highest BCUT2D eigenvalue weighted by Gasteiger charge is 2.58. The van der Waals surface area contributed by atoms with Gasteiger partial charge in [0.05, 0.1) is 13.2 Å². The molecule has 53 heavy (non-hydrogen) atoms. The molecule has 0 aromatic rings. The van der Waals surface area contributed by atoms with Gasteiger partial charge in [-0.25, -0.2) is 9.59 Å². The molecule has 1 unspecified atom stereocenters. The van der Waals surface area contributed by atoms with Crippen LogP contribution in [0.3, 0.4) is 0 Å². The first-order valence-corrected chi connectivity index (χ1v) is 16.1. The van der Waals surface area contributed by atoms with Crippen LogP contribution in [0.1, 0.15) is 6.92 Å². The zero-order valence-electron chi connectivity index (χ0n) is 28.6. The summed E-state index contributed by atoms with van der Waals surface area (Å²) < 4.78 is 59.3. The Bertz CT molecular complexity index is 1220. The summed E-state index contributed by atoms with van der Waals surface area (Å²) >= 11 is 0. The van der Waals surface area contributed by atoms with Crippen molar-refractivity contribution in [2.45, 2.75) is 130 Å². The van der Waals surface area contributed by atoms with Gasteiger partial charge in [0.15, 0.2) is 43.5 Å². The van der Waals surface area contributed by atoms with Crippen LogP contribution in [-0.4, -0.2) is 226 Å². The van der Waals surface area contributed by atoms with Crippen molar-refractivity contribution in [2.75, 3.05) is 34.5 Å². The molecule has 10 N–H and O–H groups in total. The van der Waals surface area contributed by atoms with Crippen molar-refractivity contribution in [3.63, 3.8) is 0 Å². The Morgan fingerprint density at radius 3 is 1.40 bits per heavy atom. The van der Waals surface area contributed by atoms with Crippen molar-refractivity contribution < 1.29 is 118 Å². The molecule has 4 heterocycles. The van der Waals surface area contributed by atoms with Crippen LogP contribution in [0.4, 0.5) is 0 Å². The number of esters is 1. The van der Waals surface area contributed by atoms with Gasteiger partial charge in [-0.05, 0) is 0 Å². The van der Waals surface area contributed by atoms with Crippen LogP contribution >= 0.6 is 0 Å². The van der Waals surface area contributed by atoms with Crippen molar-refractivity contribution in [3.05, 3.63) is 0 Å². The molecule has 0 aromatic heterocycles. The minimum absolute atomic E-state index is 0.777. The molecule has 0 saturated carbocycles. The molecule has 4 saturated heterocycles. The average Bonchev–Trinajstić information content (AvgIpc) is 3.11. The number of rotatable bonds is 14. The quantitative estimate of drug-likeness (QED) is 0.0732. The Morgan fingerprint density at radius 1 is 0.491 bits per heavy atom. The molecular formula is C29H46O24. The summed E-state index contributed by atoms with van der Waals surface area (Å²) in [5, 5.41) is 105. The van der Waals surface area contributed by atoms with Crippen LogP contribution in [0.5, 0.6) is 0 Å². The maximum Gasteiger partial charge on any atom is 0.335 e. The fourth-order valence-electron chi connectivity index (χ4n) is 6.50. The highest BCUT2D eigenvalue weighted by molar-refractivity contribution is 5.74. The standard InChI is InChI=1S/C29H46O24/c1-7(32)46-23-18(43-2)14(37)20(24(39)40)51-29(23)50-17-9(6-31)48-27(13(36)11(17)34)52-21-19(44-3)15(38)28(53-22(21)25(41)42)49-16-8(5-30)47-26(45-4)12(35)10(16)33/h8-23,26-31,33-38H,5-6H2,1-4H3,(H,39,40)(H,41,42)/t8-,9-,10-,11-,12-,13-,14+,15-,16-,17-,18+,19-,20+,21+,22?,23-,26+,27-,28-,29-/m1/s1. The van der Waals surface area contributed by atoms with E-state index in [0.717, 1.165) is 21.1 Å². The molecule has 4 aliphatic rings. The molecule has 0 aromatic carbocycles. The van der Waals surface area contributed by atoms with E-state index in [2.05, 4.69) is 0 Å². The Labute approximate surface area is 300 Å². The minimum Gasteiger partial charge on any atom is -0.479 e. The van der Waals surface area contributed by atoms with Gasteiger partial charge in [-0.3, -0.25) is 4.79 Å². The van der Waals surface area contributed by atoms with E-state index in [4.69, 9.17) is 52.1 Å². The fourth-order valence-corrected chi connectivity index (χ4v) is 6.50. The van der Waals surface area contributed by atoms with E-state index in [1.54, 1.807) is 0 Å². The topological polar surface area (TPSA) is 355 Å². The van der Waals surface area contributed by atoms with Gasteiger partial charge >= 0.3 is 17.9 Å². The molecule has 0 radical (unpaired) electrons. The second kappa shape index (κ2) is 18.5. The van der Waals surface area contributed by atoms with Crippen molar-refractivity contribution in [1.82, 2.24) is 0 Å². The Kier molecular flexibility index (Phi) is 15.2. The lowest BCUT2D eigenvalue weighted by molar-refractivity contribution is -0.384. The van der Waals surface area contributed by atoms with E-state index in [0.29, 0.717) is 0 Å². The maximum absolute atomic E-state index is 12.4. The number of carboxylic acid groups (broad SMARTS) is 2. The number of hydrogen-bond acceptors (Lipinski definition) is 22. The second-order valence-corrected chi connectivity index (χ2v) is 12.4. The van der Waals surface area contributed by atoms with Gasteiger partial charge in [0.25, 0.3) is 0 Å². The first-order chi connectivity index (χ1) is 25.0. The van der Waals surface area contributed by atoms with Gasteiger partial charge < -0.3 is 103 Å². The van der Waals surface area contributed by atoms with Crippen molar-refractivity contribution >= 4 is 17.9 Å². The summed E-state index contributed by atoms with van der Waals surface area (Å²) in [6.07, 6.45) is -36.0. The largest absolute Gasteiger partial charge is 0.479 e. The van der Waals surface area contributed by atoms with Gasteiger partial charge in [-0.15, -0.1) is 0 Å². The van der Waals surface area contributed by atoms with Crippen molar-refractivity contribution in [3.8, 4) is 0 Å². The highest BCUT2D eigenvalue weighted by atomic mass is 16.8. The minimum atomic E-state index is -2.15. The molecular weight excluding hydrogens is 732 g/mol. The molecule has 0 amide bonds. The summed E-state index contributed by atoms with van der Waals surface area (Å²) in [5.41, 5.74) is 0. The third-order valence-electron chi connectivity index (χ3n) is 9.12. The first kappa shape index (κ1) is 43.4. The third-order valence-corrected chi connectivity index (χ3v) is 9.12. The van der Waals surface area contributed by atoms with E-state index in [9.17, 15) is 65.4 Å². The zero-order valence-corrected chi connectivity index (χ0v) is 28.6. The molecule has 24 nitrogen and oxygen atoms in total. The maximum atomic E-state index is 12.4. The molecule has 20 atom stereocenters. The Morgan fingerprint density at radius 2 is 0.925 bits per heavy atom. The summed E-state index contributed by atoms with van der Waals surface area (Å²) in [6.45, 7) is -0.776. The number of carbonyl (C=O) groups excluding carboxylic acids is 1. The predicted molar refractivity (Wildman–Crippen MR) is 159 cm³/mol. The molecule has 0 bridgehead atoms. The smallest absolute Gasteiger partial charge is 0.335 e. The first-order valence-electron chi connectivity index (χ1n) is 16.1. The predicted octanol–water partition coefficient (Wildman–Crippen LogP) is -7.03. The number of ether oxygens (including phenoxy) is 11. The monoisotopic (exact) mass is 778 g/mol. The number of carbonyl (C=O) groups is 3. The summed E-state index contributed by atoms with van der Waals surface area (Å²) in [5.74, 6) is -4.32. The van der Waals surface area contributed by atoms with Crippen LogP contribution in [0.25, 0.3) is 0 Å². The number of aliphatic hydroxyl groups is 8. The number of hydrogen-bond donors (Lipinski definition) is 10. The number of aliphatic hydroxyl groups excluding tert-OH is 8. The number of methoxy groups -OCH3 is 3. The molecule has 306 valence electrons. The number of carboxylic acids is 2. The van der Waals surface area contributed by atoms with Gasteiger partial charge in [0.2, 0.25) is 0 Å². The fraction of sp³-hybridized carbons (Fsp3) is 0.897. The van der Waals surface area contributed by atoms with E-state index in [-0.39, 0.29) is 0 Å². The van der Waals surface area contributed by atoms with Crippen molar-refractivity contribution in [1.29, 1.82) is 0 Å². The van der Waals surface area contributed by atoms with Crippen LogP contribution in [0.2, 0.25) is 0 Å². The van der Waals surface area contributed by atoms with Gasteiger partial charge in [-0.2, -0.15) is 0 Å². The summed E-state index contributed by atoms with van der Waals surface area (Å²) in [4.78, 5) is 36.1.